The maximum Gasteiger partial charge on any atom is 0.306 e. The fraction of sp³-hybridized carbons (Fsp3) is 0.927. The summed E-state index contributed by atoms with van der Waals surface area (Å²) in [6, 6.07) is 0. The van der Waals surface area contributed by atoms with Gasteiger partial charge in [-0.25, -0.2) is 0 Å². The van der Waals surface area contributed by atoms with Crippen molar-refractivity contribution in [3.05, 3.63) is 12.2 Å². The SMILES string of the molecule is CCCCCCCCCC/C=C\CCCCCCCCCCCCCCOCC(COC1OC(CO)C(O)C(O)C1O)OC(=O)CCCCC. The lowest BCUT2D eigenvalue weighted by atomic mass is 9.99. The van der Waals surface area contributed by atoms with Gasteiger partial charge in [-0.15, -0.1) is 0 Å². The van der Waals surface area contributed by atoms with Crippen LogP contribution in [0, 0.1) is 0 Å². The zero-order chi connectivity index (χ0) is 36.5. The second-order valence-corrected chi connectivity index (χ2v) is 14.4. The van der Waals surface area contributed by atoms with Gasteiger partial charge in [0.2, 0.25) is 0 Å². The van der Waals surface area contributed by atoms with Crippen LogP contribution in [0.25, 0.3) is 0 Å². The number of carbonyl (C=O) groups excluding carboxylic acids is 1. The third kappa shape index (κ3) is 25.0. The van der Waals surface area contributed by atoms with Gasteiger partial charge < -0.3 is 39.4 Å². The van der Waals surface area contributed by atoms with Crippen LogP contribution in [0.4, 0.5) is 0 Å². The van der Waals surface area contributed by atoms with Crippen molar-refractivity contribution < 1.29 is 44.2 Å². The topological polar surface area (TPSA) is 135 Å². The van der Waals surface area contributed by atoms with Crippen molar-refractivity contribution in [1.29, 1.82) is 0 Å². The summed E-state index contributed by atoms with van der Waals surface area (Å²) in [4.78, 5) is 12.4. The van der Waals surface area contributed by atoms with Gasteiger partial charge in [0.15, 0.2) is 6.29 Å². The van der Waals surface area contributed by atoms with Crippen molar-refractivity contribution in [3.63, 3.8) is 0 Å². The molecule has 4 N–H and O–H groups in total. The van der Waals surface area contributed by atoms with E-state index in [1.807, 2.05) is 0 Å². The van der Waals surface area contributed by atoms with E-state index in [-0.39, 0.29) is 19.2 Å². The molecule has 1 aliphatic rings. The number of carbonyl (C=O) groups is 1. The van der Waals surface area contributed by atoms with Crippen LogP contribution in [0.5, 0.6) is 0 Å². The molecule has 0 radical (unpaired) electrons. The van der Waals surface area contributed by atoms with Gasteiger partial charge in [-0.1, -0.05) is 148 Å². The average molecular weight is 715 g/mol. The second-order valence-electron chi connectivity index (χ2n) is 14.4. The maximum atomic E-state index is 12.4. The van der Waals surface area contributed by atoms with E-state index < -0.39 is 43.4 Å². The summed E-state index contributed by atoms with van der Waals surface area (Å²) in [5.41, 5.74) is 0. The first-order chi connectivity index (χ1) is 24.4. The minimum absolute atomic E-state index is 0.112. The number of allylic oxidation sites excluding steroid dienone is 2. The van der Waals surface area contributed by atoms with E-state index in [1.165, 1.54) is 128 Å². The van der Waals surface area contributed by atoms with Crippen molar-refractivity contribution >= 4 is 5.97 Å². The third-order valence-corrected chi connectivity index (χ3v) is 9.68. The number of hydrogen-bond donors (Lipinski definition) is 4. The quantitative estimate of drug-likeness (QED) is 0.0290. The Kier molecular flexibility index (Phi) is 31.7. The Balaban J connectivity index is 2.04. The minimum Gasteiger partial charge on any atom is -0.457 e. The van der Waals surface area contributed by atoms with E-state index in [0.29, 0.717) is 13.0 Å². The van der Waals surface area contributed by atoms with Crippen molar-refractivity contribution in [2.45, 2.75) is 218 Å². The van der Waals surface area contributed by atoms with Crippen molar-refractivity contribution in [1.82, 2.24) is 0 Å². The molecule has 6 atom stereocenters. The molecule has 0 aromatic heterocycles. The zero-order valence-electron chi connectivity index (χ0n) is 32.2. The number of rotatable bonds is 35. The number of aliphatic hydroxyl groups is 4. The number of ether oxygens (including phenoxy) is 4. The maximum absolute atomic E-state index is 12.4. The summed E-state index contributed by atoms with van der Waals surface area (Å²) in [5, 5.41) is 39.7. The molecule has 0 bridgehead atoms. The molecule has 0 spiro atoms. The number of aliphatic hydroxyl groups excluding tert-OH is 4. The largest absolute Gasteiger partial charge is 0.457 e. The molecule has 0 aromatic carbocycles. The van der Waals surface area contributed by atoms with Crippen LogP contribution in [0.2, 0.25) is 0 Å². The first kappa shape index (κ1) is 47.0. The molecule has 50 heavy (non-hydrogen) atoms. The zero-order valence-corrected chi connectivity index (χ0v) is 32.2. The lowest BCUT2D eigenvalue weighted by Gasteiger charge is -2.39. The Morgan fingerprint density at radius 1 is 0.620 bits per heavy atom. The Bertz CT molecular complexity index is 777. The highest BCUT2D eigenvalue weighted by Gasteiger charge is 2.44. The molecule has 0 amide bonds. The summed E-state index contributed by atoms with van der Waals surface area (Å²) < 4.78 is 22.5. The van der Waals surface area contributed by atoms with Gasteiger partial charge in [-0.3, -0.25) is 4.79 Å². The van der Waals surface area contributed by atoms with Crippen LogP contribution in [0.15, 0.2) is 12.2 Å². The molecular formula is C41H78O9. The molecule has 9 nitrogen and oxygen atoms in total. The van der Waals surface area contributed by atoms with Crippen LogP contribution in [-0.4, -0.2) is 89.6 Å². The molecule has 0 saturated carbocycles. The molecule has 1 saturated heterocycles. The number of unbranched alkanes of at least 4 members (excludes halogenated alkanes) is 22. The highest BCUT2D eigenvalue weighted by Crippen LogP contribution is 2.22. The van der Waals surface area contributed by atoms with Crippen molar-refractivity contribution in [2.24, 2.45) is 0 Å². The molecule has 1 heterocycles. The first-order valence-corrected chi connectivity index (χ1v) is 20.8. The number of esters is 1. The Morgan fingerprint density at radius 2 is 1.10 bits per heavy atom. The van der Waals surface area contributed by atoms with E-state index in [2.05, 4.69) is 26.0 Å². The van der Waals surface area contributed by atoms with Crippen LogP contribution < -0.4 is 0 Å². The minimum atomic E-state index is -1.53. The molecule has 6 unspecified atom stereocenters. The van der Waals surface area contributed by atoms with Crippen LogP contribution in [0.3, 0.4) is 0 Å². The summed E-state index contributed by atoms with van der Waals surface area (Å²) >= 11 is 0. The van der Waals surface area contributed by atoms with Gasteiger partial charge in [-0.2, -0.15) is 0 Å². The average Bonchev–Trinajstić information content (AvgIpc) is 3.11. The first-order valence-electron chi connectivity index (χ1n) is 20.8. The molecule has 1 aliphatic heterocycles. The van der Waals surface area contributed by atoms with Gasteiger partial charge in [0.25, 0.3) is 0 Å². The number of hydrogen-bond acceptors (Lipinski definition) is 9. The standard InChI is InChI=1S/C41H78O9/c1-3-5-7-8-9-10-11-12-13-14-15-16-17-18-19-20-21-22-23-24-25-26-27-29-31-47-33-35(49-37(43)30-28-6-4-2)34-48-41-40(46)39(45)38(44)36(32-42)50-41/h14-15,35-36,38-42,44-46H,3-13,16-34H2,1-2H3/b15-14-. The predicted octanol–water partition coefficient (Wildman–Crippen LogP) is 8.47. The molecular weight excluding hydrogens is 636 g/mol. The van der Waals surface area contributed by atoms with Gasteiger partial charge in [0.1, 0.15) is 30.5 Å². The fourth-order valence-corrected chi connectivity index (χ4v) is 6.37. The predicted molar refractivity (Wildman–Crippen MR) is 201 cm³/mol. The third-order valence-electron chi connectivity index (χ3n) is 9.68. The van der Waals surface area contributed by atoms with Gasteiger partial charge in [0.05, 0.1) is 19.8 Å². The lowest BCUT2D eigenvalue weighted by Crippen LogP contribution is -2.59. The van der Waals surface area contributed by atoms with E-state index in [9.17, 15) is 25.2 Å². The summed E-state index contributed by atoms with van der Waals surface area (Å²) in [7, 11) is 0. The van der Waals surface area contributed by atoms with Crippen molar-refractivity contribution in [3.8, 4) is 0 Å². The molecule has 1 fully saturated rings. The Labute approximate surface area is 305 Å². The Hall–Kier alpha value is -1.07. The fourth-order valence-electron chi connectivity index (χ4n) is 6.37. The molecule has 1 rings (SSSR count). The highest BCUT2D eigenvalue weighted by molar-refractivity contribution is 5.69. The summed E-state index contributed by atoms with van der Waals surface area (Å²) in [6.45, 7) is 4.39. The van der Waals surface area contributed by atoms with Gasteiger partial charge in [-0.05, 0) is 38.5 Å². The molecule has 0 aliphatic carbocycles. The van der Waals surface area contributed by atoms with Crippen LogP contribution in [-0.2, 0) is 23.7 Å². The molecule has 296 valence electrons. The van der Waals surface area contributed by atoms with Gasteiger partial charge >= 0.3 is 5.97 Å². The van der Waals surface area contributed by atoms with E-state index in [0.717, 1.165) is 32.1 Å². The second kappa shape index (κ2) is 33.7. The van der Waals surface area contributed by atoms with E-state index in [4.69, 9.17) is 18.9 Å². The highest BCUT2D eigenvalue weighted by atomic mass is 16.7. The summed E-state index contributed by atoms with van der Waals surface area (Å²) in [5.74, 6) is -0.336. The van der Waals surface area contributed by atoms with Gasteiger partial charge in [0, 0.05) is 13.0 Å². The van der Waals surface area contributed by atoms with Crippen LogP contribution >= 0.6 is 0 Å². The lowest BCUT2D eigenvalue weighted by molar-refractivity contribution is -0.305. The summed E-state index contributed by atoms with van der Waals surface area (Å²) in [6.07, 6.45) is 29.1. The monoisotopic (exact) mass is 715 g/mol. The smallest absolute Gasteiger partial charge is 0.306 e. The van der Waals surface area contributed by atoms with Crippen LogP contribution in [0.1, 0.15) is 181 Å². The molecule has 9 heteroatoms. The van der Waals surface area contributed by atoms with E-state index >= 15 is 0 Å². The van der Waals surface area contributed by atoms with Crippen molar-refractivity contribution in [2.75, 3.05) is 26.4 Å². The Morgan fingerprint density at radius 3 is 1.62 bits per heavy atom. The molecule has 0 aromatic rings. The van der Waals surface area contributed by atoms with E-state index in [1.54, 1.807) is 0 Å². The normalized spacial score (nSPS) is 21.6.